The van der Waals surface area contributed by atoms with Crippen molar-refractivity contribution in [3.8, 4) is 17.2 Å². The Balaban J connectivity index is 2.00. The Labute approximate surface area is 176 Å². The number of aryl methyl sites for hydroxylation is 3. The molecule has 6 heteroatoms. The van der Waals surface area contributed by atoms with Crippen LogP contribution in [0.2, 0.25) is 0 Å². The molecule has 1 atom stereocenters. The van der Waals surface area contributed by atoms with E-state index in [9.17, 15) is 9.90 Å². The third-order valence-corrected chi connectivity index (χ3v) is 5.58. The van der Waals surface area contributed by atoms with E-state index in [1.165, 1.54) is 6.07 Å². The average Bonchev–Trinajstić information content (AvgIpc) is 2.71. The van der Waals surface area contributed by atoms with Crippen molar-refractivity contribution in [1.29, 1.82) is 0 Å². The van der Waals surface area contributed by atoms with Crippen LogP contribution in [0, 0.1) is 13.8 Å². The summed E-state index contributed by atoms with van der Waals surface area (Å²) in [5.74, 6) is 1.60. The molecule has 1 unspecified atom stereocenters. The maximum Gasteiger partial charge on any atom is 0.336 e. The number of phenols is 1. The van der Waals surface area contributed by atoms with Crippen LogP contribution >= 0.6 is 0 Å². The van der Waals surface area contributed by atoms with Gasteiger partial charge in [-0.15, -0.1) is 0 Å². The molecule has 3 aromatic rings. The smallest absolute Gasteiger partial charge is 0.336 e. The summed E-state index contributed by atoms with van der Waals surface area (Å²) in [6.45, 7) is 7.15. The lowest BCUT2D eigenvalue weighted by Crippen LogP contribution is -3.06. The van der Waals surface area contributed by atoms with Crippen molar-refractivity contribution in [2.24, 2.45) is 0 Å². The van der Waals surface area contributed by atoms with Crippen LogP contribution in [0.3, 0.4) is 0 Å². The molecule has 0 saturated heterocycles. The van der Waals surface area contributed by atoms with Crippen molar-refractivity contribution in [3.05, 3.63) is 62.5 Å². The number of nitrogens with one attached hydrogen (secondary N) is 1. The van der Waals surface area contributed by atoms with E-state index in [2.05, 4.69) is 0 Å². The predicted octanol–water partition coefficient (Wildman–Crippen LogP) is 2.91. The van der Waals surface area contributed by atoms with Gasteiger partial charge in [0.2, 0.25) is 0 Å². The second kappa shape index (κ2) is 8.79. The highest BCUT2D eigenvalue weighted by Crippen LogP contribution is 2.33. The first kappa shape index (κ1) is 21.7. The first-order valence-corrected chi connectivity index (χ1v) is 10.1. The highest BCUT2D eigenvalue weighted by atomic mass is 16.5. The fraction of sp³-hybridized carbons (Fsp3) is 0.375. The molecule has 0 aliphatic heterocycles. The van der Waals surface area contributed by atoms with Gasteiger partial charge in [0.25, 0.3) is 0 Å². The van der Waals surface area contributed by atoms with Crippen molar-refractivity contribution >= 4 is 11.0 Å². The molecular formula is C24H30NO5+. The molecule has 1 aromatic heterocycles. The summed E-state index contributed by atoms with van der Waals surface area (Å²) >= 11 is 0. The Morgan fingerprint density at radius 2 is 1.63 bits per heavy atom. The van der Waals surface area contributed by atoms with Gasteiger partial charge in [-0.25, -0.2) is 4.79 Å². The summed E-state index contributed by atoms with van der Waals surface area (Å²) in [6, 6.07) is 7.36. The Kier molecular flexibility index (Phi) is 6.37. The van der Waals surface area contributed by atoms with Crippen LogP contribution in [0.4, 0.5) is 0 Å². The molecule has 0 spiro atoms. The summed E-state index contributed by atoms with van der Waals surface area (Å²) < 4.78 is 16.3. The maximum absolute atomic E-state index is 12.0. The van der Waals surface area contributed by atoms with Crippen LogP contribution in [0.25, 0.3) is 11.0 Å². The van der Waals surface area contributed by atoms with E-state index in [0.717, 1.165) is 32.5 Å². The molecular weight excluding hydrogens is 382 g/mol. The molecule has 0 saturated carbocycles. The minimum absolute atomic E-state index is 0.210. The fourth-order valence-corrected chi connectivity index (χ4v) is 3.90. The van der Waals surface area contributed by atoms with E-state index in [1.54, 1.807) is 14.2 Å². The van der Waals surface area contributed by atoms with Crippen LogP contribution in [-0.4, -0.2) is 26.4 Å². The molecule has 160 valence electrons. The number of methoxy groups -OCH3 is 2. The average molecular weight is 413 g/mol. The number of aromatic hydroxyl groups is 1. The molecule has 0 aliphatic carbocycles. The second-order valence-electron chi connectivity index (χ2n) is 7.79. The Hall–Kier alpha value is -2.99. The van der Waals surface area contributed by atoms with Crippen molar-refractivity contribution in [3.63, 3.8) is 0 Å². The van der Waals surface area contributed by atoms with Crippen LogP contribution in [-0.2, 0) is 19.5 Å². The largest absolute Gasteiger partial charge is 0.507 e. The molecule has 6 nitrogen and oxygen atoms in total. The van der Waals surface area contributed by atoms with E-state index in [-0.39, 0.29) is 5.75 Å². The number of hydrogen-bond acceptors (Lipinski definition) is 5. The van der Waals surface area contributed by atoms with Gasteiger partial charge in [-0.05, 0) is 55.2 Å². The van der Waals surface area contributed by atoms with Crippen LogP contribution in [0.1, 0.15) is 34.7 Å². The third kappa shape index (κ3) is 4.14. The Bertz CT molecular complexity index is 1130. The van der Waals surface area contributed by atoms with Gasteiger partial charge in [-0.2, -0.15) is 0 Å². The normalized spacial score (nSPS) is 12.2. The van der Waals surface area contributed by atoms with Gasteiger partial charge in [0.15, 0.2) is 17.1 Å². The minimum Gasteiger partial charge on any atom is -0.507 e. The lowest BCUT2D eigenvalue weighted by molar-refractivity contribution is -0.907. The van der Waals surface area contributed by atoms with Crippen molar-refractivity contribution in [1.82, 2.24) is 0 Å². The summed E-state index contributed by atoms with van der Waals surface area (Å²) in [6.07, 6.45) is 0.696. The quantitative estimate of drug-likeness (QED) is 0.584. The lowest BCUT2D eigenvalue weighted by Gasteiger charge is -2.19. The predicted molar refractivity (Wildman–Crippen MR) is 117 cm³/mol. The molecule has 0 amide bonds. The zero-order chi connectivity index (χ0) is 22.0. The van der Waals surface area contributed by atoms with Gasteiger partial charge < -0.3 is 23.9 Å². The second-order valence-corrected chi connectivity index (χ2v) is 7.79. The molecule has 3 rings (SSSR count). The Morgan fingerprint density at radius 3 is 2.27 bits per heavy atom. The summed E-state index contributed by atoms with van der Waals surface area (Å²) in [5, 5.41) is 11.7. The van der Waals surface area contributed by atoms with Crippen molar-refractivity contribution < 1.29 is 23.9 Å². The number of phenolic OH excluding ortho intramolecular Hbond substituents is 1. The number of hydrogen-bond donors (Lipinski definition) is 2. The molecule has 2 N–H and O–H groups in total. The van der Waals surface area contributed by atoms with Crippen LogP contribution in [0.15, 0.2) is 33.5 Å². The van der Waals surface area contributed by atoms with Gasteiger partial charge in [0.05, 0.1) is 26.8 Å². The molecule has 30 heavy (non-hydrogen) atoms. The third-order valence-electron chi connectivity index (χ3n) is 5.58. The summed E-state index contributed by atoms with van der Waals surface area (Å²) in [4.78, 5) is 13.1. The number of quaternary nitrogens is 1. The van der Waals surface area contributed by atoms with E-state index in [4.69, 9.17) is 13.9 Å². The first-order chi connectivity index (χ1) is 14.3. The topological polar surface area (TPSA) is 73.3 Å². The highest BCUT2D eigenvalue weighted by molar-refractivity contribution is 5.86. The number of fused-ring (bicyclic) bond motifs is 1. The zero-order valence-electron chi connectivity index (χ0n) is 18.5. The van der Waals surface area contributed by atoms with Crippen molar-refractivity contribution in [2.45, 2.75) is 40.3 Å². The maximum atomic E-state index is 12.0. The minimum atomic E-state index is -0.404. The van der Waals surface area contributed by atoms with Gasteiger partial charge in [-0.3, -0.25) is 0 Å². The fourth-order valence-electron chi connectivity index (χ4n) is 3.90. The van der Waals surface area contributed by atoms with E-state index >= 15 is 0 Å². The lowest BCUT2D eigenvalue weighted by atomic mass is 9.99. The molecule has 0 radical (unpaired) electrons. The SMILES string of the molecule is CCc1cc2c(C)cc(=O)oc2c(C[NH+](C)Cc2cc(OC)c(OC)cc2C)c1O. The molecule has 0 fully saturated rings. The standard InChI is InChI=1S/C24H29NO5/c1-7-16-10-18-15(3)9-22(26)30-24(18)19(23(16)27)13-25(4)12-17-11-21(29-6)20(28-5)8-14(17)2/h8-11,27H,7,12-13H2,1-6H3/p+1. The van der Waals surface area contributed by atoms with Gasteiger partial charge >= 0.3 is 5.63 Å². The van der Waals surface area contributed by atoms with E-state index in [1.807, 2.05) is 46.0 Å². The van der Waals surface area contributed by atoms with E-state index in [0.29, 0.717) is 42.2 Å². The molecule has 2 aromatic carbocycles. The summed E-state index contributed by atoms with van der Waals surface area (Å²) in [5.41, 5.74) is 4.66. The number of benzene rings is 2. The monoisotopic (exact) mass is 412 g/mol. The molecule has 0 bridgehead atoms. The zero-order valence-corrected chi connectivity index (χ0v) is 18.5. The van der Waals surface area contributed by atoms with Gasteiger partial charge in [-0.1, -0.05) is 6.92 Å². The highest BCUT2D eigenvalue weighted by Gasteiger charge is 2.20. The Morgan fingerprint density at radius 1 is 0.967 bits per heavy atom. The van der Waals surface area contributed by atoms with Crippen molar-refractivity contribution in [2.75, 3.05) is 21.3 Å². The van der Waals surface area contributed by atoms with Crippen LogP contribution in [0.5, 0.6) is 17.2 Å². The number of rotatable bonds is 7. The molecule has 1 heterocycles. The number of ether oxygens (including phenoxy) is 2. The van der Waals surface area contributed by atoms with Gasteiger partial charge in [0.1, 0.15) is 18.8 Å². The van der Waals surface area contributed by atoms with Gasteiger partial charge in [0, 0.05) is 17.0 Å². The molecule has 0 aliphatic rings. The first-order valence-electron chi connectivity index (χ1n) is 10.1. The summed E-state index contributed by atoms with van der Waals surface area (Å²) in [7, 11) is 5.30. The van der Waals surface area contributed by atoms with Crippen LogP contribution < -0.4 is 20.0 Å². The van der Waals surface area contributed by atoms with E-state index < -0.39 is 5.63 Å².